The number of carbonyl (C=O) groups excluding carboxylic acids is 1. The average Bonchev–Trinajstić information content (AvgIpc) is 2.98. The summed E-state index contributed by atoms with van der Waals surface area (Å²) in [5, 5.41) is 33.5. The number of amides is 1. The molecule has 10 heteroatoms. The van der Waals surface area contributed by atoms with Crippen LogP contribution in [0, 0.1) is 6.92 Å². The lowest BCUT2D eigenvalue weighted by atomic mass is 10.0. The van der Waals surface area contributed by atoms with E-state index in [2.05, 4.69) is 20.6 Å². The number of carboxylic acid groups (broad SMARTS) is 1. The molecule has 3 rings (SSSR count). The predicted molar refractivity (Wildman–Crippen MR) is 122 cm³/mol. The number of azo groups is 1. The molecular formula is C23H25N5O5. The second-order valence-corrected chi connectivity index (χ2v) is 8.53. The SMILES string of the molecule is Cc1[nH]n(CC(=O)NC(C)(C)C)c(=O)c1N=Nc1cccc(-c2cccc(C(=O)O)c2)c1O. The Labute approximate surface area is 189 Å². The number of nitrogens with one attached hydrogen (secondary N) is 2. The molecule has 0 aliphatic carbocycles. The number of H-pyrrole nitrogens is 1. The van der Waals surface area contributed by atoms with Crippen LogP contribution in [0.15, 0.2) is 57.5 Å². The average molecular weight is 451 g/mol. The molecule has 0 saturated heterocycles. The molecular weight excluding hydrogens is 426 g/mol. The molecule has 4 N–H and O–H groups in total. The van der Waals surface area contributed by atoms with Gasteiger partial charge >= 0.3 is 5.97 Å². The summed E-state index contributed by atoms with van der Waals surface area (Å²) in [7, 11) is 0. The van der Waals surface area contributed by atoms with Gasteiger partial charge in [-0.3, -0.25) is 14.7 Å². The third kappa shape index (κ3) is 5.53. The van der Waals surface area contributed by atoms with Gasteiger partial charge in [0.1, 0.15) is 12.2 Å². The van der Waals surface area contributed by atoms with Gasteiger partial charge in [-0.15, -0.1) is 10.2 Å². The van der Waals surface area contributed by atoms with Crippen molar-refractivity contribution in [1.29, 1.82) is 0 Å². The summed E-state index contributed by atoms with van der Waals surface area (Å²) in [6.45, 7) is 6.94. The lowest BCUT2D eigenvalue weighted by molar-refractivity contribution is -0.123. The number of rotatable bonds is 6. The van der Waals surface area contributed by atoms with Crippen LogP contribution in [0.2, 0.25) is 0 Å². The zero-order chi connectivity index (χ0) is 24.3. The molecule has 1 aromatic heterocycles. The molecule has 1 amide bonds. The molecule has 0 atom stereocenters. The van der Waals surface area contributed by atoms with Crippen molar-refractivity contribution in [2.24, 2.45) is 10.2 Å². The molecule has 0 spiro atoms. The van der Waals surface area contributed by atoms with Gasteiger partial charge in [0.25, 0.3) is 5.56 Å². The first kappa shape index (κ1) is 23.5. The number of carbonyl (C=O) groups is 2. The van der Waals surface area contributed by atoms with Crippen LogP contribution in [0.4, 0.5) is 11.4 Å². The van der Waals surface area contributed by atoms with Crippen LogP contribution in [0.5, 0.6) is 5.75 Å². The van der Waals surface area contributed by atoms with Gasteiger partial charge in [0.05, 0.1) is 11.3 Å². The molecule has 0 aliphatic rings. The van der Waals surface area contributed by atoms with Crippen LogP contribution in [0.3, 0.4) is 0 Å². The summed E-state index contributed by atoms with van der Waals surface area (Å²) >= 11 is 0. The number of para-hydroxylation sites is 1. The van der Waals surface area contributed by atoms with Crippen LogP contribution < -0.4 is 10.9 Å². The minimum atomic E-state index is -1.08. The quantitative estimate of drug-likeness (QED) is 0.420. The minimum absolute atomic E-state index is 0.0104. The van der Waals surface area contributed by atoms with Gasteiger partial charge in [0, 0.05) is 11.1 Å². The van der Waals surface area contributed by atoms with Crippen molar-refractivity contribution in [2.75, 3.05) is 0 Å². The third-order valence-electron chi connectivity index (χ3n) is 4.61. The maximum absolute atomic E-state index is 12.7. The van der Waals surface area contributed by atoms with Crippen LogP contribution >= 0.6 is 0 Å². The Morgan fingerprint density at radius 3 is 2.48 bits per heavy atom. The topological polar surface area (TPSA) is 149 Å². The number of hydrogen-bond donors (Lipinski definition) is 4. The van der Waals surface area contributed by atoms with Crippen molar-refractivity contribution in [1.82, 2.24) is 15.1 Å². The molecule has 2 aromatic carbocycles. The zero-order valence-electron chi connectivity index (χ0n) is 18.7. The summed E-state index contributed by atoms with van der Waals surface area (Å²) in [5.74, 6) is -1.62. The highest BCUT2D eigenvalue weighted by Gasteiger charge is 2.18. The first-order valence-electron chi connectivity index (χ1n) is 10.1. The molecule has 0 unspecified atom stereocenters. The second kappa shape index (κ2) is 9.11. The fourth-order valence-corrected chi connectivity index (χ4v) is 3.19. The van der Waals surface area contributed by atoms with Crippen LogP contribution in [-0.4, -0.2) is 37.4 Å². The lowest BCUT2D eigenvalue weighted by Crippen LogP contribution is -2.43. The number of aromatic amines is 1. The monoisotopic (exact) mass is 451 g/mol. The van der Waals surface area contributed by atoms with Gasteiger partial charge in [-0.25, -0.2) is 9.48 Å². The van der Waals surface area contributed by atoms with Gasteiger partial charge in [-0.2, -0.15) is 0 Å². The Bertz CT molecular complexity index is 1300. The lowest BCUT2D eigenvalue weighted by Gasteiger charge is -2.20. The van der Waals surface area contributed by atoms with Crippen molar-refractivity contribution in [3.8, 4) is 16.9 Å². The standard InChI is InChI=1S/C23H25N5O5/c1-13-19(21(31)28(27-13)12-18(29)24-23(2,3)4)26-25-17-10-6-9-16(20(17)30)14-7-5-8-15(11-14)22(32)33/h5-11,27,30H,12H2,1-4H3,(H,24,29)(H,32,33). The van der Waals surface area contributed by atoms with Gasteiger partial charge in [0.15, 0.2) is 11.4 Å². The molecule has 1 heterocycles. The predicted octanol–water partition coefficient (Wildman–Crippen LogP) is 3.89. The normalized spacial score (nSPS) is 11.6. The van der Waals surface area contributed by atoms with E-state index in [9.17, 15) is 24.6 Å². The second-order valence-electron chi connectivity index (χ2n) is 8.53. The maximum Gasteiger partial charge on any atom is 0.335 e. The van der Waals surface area contributed by atoms with Crippen LogP contribution in [0.1, 0.15) is 36.8 Å². The summed E-state index contributed by atoms with van der Waals surface area (Å²) in [6.07, 6.45) is 0. The summed E-state index contributed by atoms with van der Waals surface area (Å²) in [4.78, 5) is 36.1. The summed E-state index contributed by atoms with van der Waals surface area (Å²) in [5.41, 5.74) is 0.518. The van der Waals surface area contributed by atoms with Gasteiger partial charge in [-0.1, -0.05) is 24.3 Å². The number of aryl methyl sites for hydroxylation is 1. The maximum atomic E-state index is 12.7. The molecule has 10 nitrogen and oxygen atoms in total. The molecule has 0 fully saturated rings. The number of benzene rings is 2. The summed E-state index contributed by atoms with van der Waals surface area (Å²) in [6, 6.07) is 10.9. The Kier molecular flexibility index (Phi) is 6.47. The first-order valence-corrected chi connectivity index (χ1v) is 10.1. The minimum Gasteiger partial charge on any atom is -0.505 e. The van der Waals surface area contributed by atoms with E-state index in [0.29, 0.717) is 16.8 Å². The van der Waals surface area contributed by atoms with Crippen molar-refractivity contribution in [3.05, 3.63) is 64.1 Å². The number of carboxylic acids is 1. The van der Waals surface area contributed by atoms with Gasteiger partial charge in [-0.05, 0) is 51.5 Å². The molecule has 0 bridgehead atoms. The number of aromatic carboxylic acids is 1. The molecule has 33 heavy (non-hydrogen) atoms. The number of phenols is 1. The number of nitrogens with zero attached hydrogens (tertiary/aromatic N) is 3. The highest BCUT2D eigenvalue weighted by Crippen LogP contribution is 2.38. The van der Waals surface area contributed by atoms with E-state index in [1.165, 1.54) is 18.2 Å². The Morgan fingerprint density at radius 1 is 1.12 bits per heavy atom. The molecule has 0 aliphatic heterocycles. The van der Waals surface area contributed by atoms with Gasteiger partial charge in [0.2, 0.25) is 5.91 Å². The summed E-state index contributed by atoms with van der Waals surface area (Å²) < 4.78 is 1.14. The number of phenolic OH excluding ortho intramolecular Hbond substituents is 1. The molecule has 0 saturated carbocycles. The van der Waals surface area contributed by atoms with Crippen LogP contribution in [0.25, 0.3) is 11.1 Å². The van der Waals surface area contributed by atoms with Crippen molar-refractivity contribution >= 4 is 23.3 Å². The Balaban J connectivity index is 1.89. The number of hydrogen-bond acceptors (Lipinski definition) is 6. The van der Waals surface area contributed by atoms with E-state index in [1.807, 2.05) is 20.8 Å². The van der Waals surface area contributed by atoms with Crippen molar-refractivity contribution < 1.29 is 19.8 Å². The van der Waals surface area contributed by atoms with Crippen molar-refractivity contribution in [3.63, 3.8) is 0 Å². The van der Waals surface area contributed by atoms with E-state index in [4.69, 9.17) is 0 Å². The molecule has 0 radical (unpaired) electrons. The third-order valence-corrected chi connectivity index (χ3v) is 4.61. The smallest absolute Gasteiger partial charge is 0.335 e. The van der Waals surface area contributed by atoms with E-state index in [1.54, 1.807) is 31.2 Å². The van der Waals surface area contributed by atoms with Crippen LogP contribution in [-0.2, 0) is 11.3 Å². The molecule has 172 valence electrons. The highest BCUT2D eigenvalue weighted by atomic mass is 16.4. The number of aromatic nitrogens is 2. The van der Waals surface area contributed by atoms with E-state index in [-0.39, 0.29) is 35.1 Å². The first-order chi connectivity index (χ1) is 15.5. The van der Waals surface area contributed by atoms with Crippen molar-refractivity contribution in [2.45, 2.75) is 39.8 Å². The number of aromatic hydroxyl groups is 1. The highest BCUT2D eigenvalue weighted by molar-refractivity contribution is 5.90. The zero-order valence-corrected chi connectivity index (χ0v) is 18.7. The largest absolute Gasteiger partial charge is 0.505 e. The van der Waals surface area contributed by atoms with Gasteiger partial charge < -0.3 is 15.5 Å². The fourth-order valence-electron chi connectivity index (χ4n) is 3.19. The Hall–Kier alpha value is -4.21. The van der Waals surface area contributed by atoms with E-state index in [0.717, 1.165) is 4.68 Å². The van der Waals surface area contributed by atoms with E-state index < -0.39 is 17.1 Å². The Morgan fingerprint density at radius 2 is 1.82 bits per heavy atom. The van der Waals surface area contributed by atoms with E-state index >= 15 is 0 Å². The fraction of sp³-hybridized carbons (Fsp3) is 0.261. The molecule has 3 aromatic rings.